The Kier molecular flexibility index (Phi) is 4.80. The number of benzene rings is 1. The van der Waals surface area contributed by atoms with Gasteiger partial charge >= 0.3 is 0 Å². The van der Waals surface area contributed by atoms with Crippen molar-refractivity contribution in [1.82, 2.24) is 14.8 Å². The lowest BCUT2D eigenvalue weighted by Crippen LogP contribution is -2.05. The SMILES string of the molecule is COc1cc(/C=C(\C#N)c2nnc3n2CCCCC3)cc(OC)c1. The number of nitriles is 1. The van der Waals surface area contributed by atoms with Crippen LogP contribution in [-0.2, 0) is 13.0 Å². The van der Waals surface area contributed by atoms with Crippen LogP contribution in [-0.4, -0.2) is 29.0 Å². The molecule has 2 heterocycles. The third-order valence-corrected chi connectivity index (χ3v) is 4.16. The van der Waals surface area contributed by atoms with Crippen LogP contribution in [0.2, 0.25) is 0 Å². The smallest absolute Gasteiger partial charge is 0.174 e. The molecule has 2 aromatic rings. The Morgan fingerprint density at radius 1 is 1.12 bits per heavy atom. The summed E-state index contributed by atoms with van der Waals surface area (Å²) in [6.07, 6.45) is 6.11. The predicted molar refractivity (Wildman–Crippen MR) is 90.6 cm³/mol. The van der Waals surface area contributed by atoms with Crippen molar-refractivity contribution in [2.75, 3.05) is 14.2 Å². The van der Waals surface area contributed by atoms with Crippen LogP contribution in [0.1, 0.15) is 36.5 Å². The first kappa shape index (κ1) is 16.1. The van der Waals surface area contributed by atoms with Gasteiger partial charge in [-0.05, 0) is 36.6 Å². The molecule has 1 aromatic heterocycles. The van der Waals surface area contributed by atoms with Gasteiger partial charge in [0.25, 0.3) is 0 Å². The maximum atomic E-state index is 9.62. The largest absolute Gasteiger partial charge is 0.497 e. The van der Waals surface area contributed by atoms with Gasteiger partial charge < -0.3 is 14.0 Å². The van der Waals surface area contributed by atoms with Crippen molar-refractivity contribution in [3.05, 3.63) is 35.4 Å². The molecule has 0 spiro atoms. The van der Waals surface area contributed by atoms with E-state index in [1.165, 1.54) is 6.42 Å². The molecular formula is C18H20N4O2. The molecule has 0 amide bonds. The van der Waals surface area contributed by atoms with E-state index in [2.05, 4.69) is 20.8 Å². The molecule has 6 heteroatoms. The van der Waals surface area contributed by atoms with E-state index in [1.807, 2.05) is 12.1 Å². The predicted octanol–water partition coefficient (Wildman–Crippen LogP) is 3.09. The molecule has 24 heavy (non-hydrogen) atoms. The van der Waals surface area contributed by atoms with Gasteiger partial charge in [0.1, 0.15) is 23.4 Å². The Hall–Kier alpha value is -2.81. The van der Waals surface area contributed by atoms with E-state index in [0.717, 1.165) is 37.2 Å². The highest BCUT2D eigenvalue weighted by Crippen LogP contribution is 2.26. The number of nitrogens with zero attached hydrogens (tertiary/aromatic N) is 4. The van der Waals surface area contributed by atoms with Crippen molar-refractivity contribution in [3.8, 4) is 17.6 Å². The van der Waals surface area contributed by atoms with Crippen LogP contribution < -0.4 is 9.47 Å². The first-order valence-electron chi connectivity index (χ1n) is 8.02. The average Bonchev–Trinajstić information content (AvgIpc) is 2.87. The monoisotopic (exact) mass is 324 g/mol. The fraction of sp³-hybridized carbons (Fsp3) is 0.389. The summed E-state index contributed by atoms with van der Waals surface area (Å²) in [6.45, 7) is 0.859. The number of aryl methyl sites for hydroxylation is 1. The van der Waals surface area contributed by atoms with E-state index in [4.69, 9.17) is 9.47 Å². The number of hydrogen-bond donors (Lipinski definition) is 0. The number of allylic oxidation sites excluding steroid dienone is 1. The third kappa shape index (κ3) is 3.25. The highest BCUT2D eigenvalue weighted by molar-refractivity contribution is 5.87. The number of aromatic nitrogens is 3. The molecule has 6 nitrogen and oxygen atoms in total. The van der Waals surface area contributed by atoms with Gasteiger partial charge in [-0.2, -0.15) is 5.26 Å². The summed E-state index contributed by atoms with van der Waals surface area (Å²) >= 11 is 0. The van der Waals surface area contributed by atoms with Crippen molar-refractivity contribution < 1.29 is 9.47 Å². The maximum absolute atomic E-state index is 9.62. The fourth-order valence-corrected chi connectivity index (χ4v) is 2.91. The second kappa shape index (κ2) is 7.18. The van der Waals surface area contributed by atoms with E-state index in [0.29, 0.717) is 22.9 Å². The lowest BCUT2D eigenvalue weighted by atomic mass is 10.1. The topological polar surface area (TPSA) is 73.0 Å². The van der Waals surface area contributed by atoms with Crippen LogP contribution in [0.3, 0.4) is 0 Å². The van der Waals surface area contributed by atoms with Crippen LogP contribution in [0.15, 0.2) is 18.2 Å². The van der Waals surface area contributed by atoms with Crippen LogP contribution in [0.5, 0.6) is 11.5 Å². The summed E-state index contributed by atoms with van der Waals surface area (Å²) in [4.78, 5) is 0. The Labute approximate surface area is 141 Å². The van der Waals surface area contributed by atoms with Gasteiger partial charge in [0.15, 0.2) is 5.82 Å². The minimum Gasteiger partial charge on any atom is -0.497 e. The van der Waals surface area contributed by atoms with E-state index >= 15 is 0 Å². The highest BCUT2D eigenvalue weighted by atomic mass is 16.5. The molecule has 0 fully saturated rings. The zero-order valence-electron chi connectivity index (χ0n) is 14.0. The van der Waals surface area contributed by atoms with Crippen molar-refractivity contribution in [1.29, 1.82) is 5.26 Å². The van der Waals surface area contributed by atoms with Crippen molar-refractivity contribution in [3.63, 3.8) is 0 Å². The molecule has 0 N–H and O–H groups in total. The second-order valence-corrected chi connectivity index (χ2v) is 5.72. The number of rotatable bonds is 4. The van der Waals surface area contributed by atoms with E-state index in [9.17, 15) is 5.26 Å². The molecule has 0 saturated carbocycles. The third-order valence-electron chi connectivity index (χ3n) is 4.16. The minimum atomic E-state index is 0.492. The number of methoxy groups -OCH3 is 2. The summed E-state index contributed by atoms with van der Waals surface area (Å²) in [5.41, 5.74) is 1.32. The summed E-state index contributed by atoms with van der Waals surface area (Å²) in [5.74, 6) is 2.96. The zero-order valence-corrected chi connectivity index (χ0v) is 14.0. The first-order valence-corrected chi connectivity index (χ1v) is 8.02. The highest BCUT2D eigenvalue weighted by Gasteiger charge is 2.17. The van der Waals surface area contributed by atoms with Gasteiger partial charge in [0, 0.05) is 19.0 Å². The summed E-state index contributed by atoms with van der Waals surface area (Å²) < 4.78 is 12.6. The minimum absolute atomic E-state index is 0.492. The van der Waals surface area contributed by atoms with Crippen molar-refractivity contribution in [2.45, 2.75) is 32.2 Å². The Morgan fingerprint density at radius 3 is 2.54 bits per heavy atom. The molecule has 1 aromatic carbocycles. The molecule has 0 saturated heterocycles. The summed E-state index contributed by atoms with van der Waals surface area (Å²) in [5, 5.41) is 18.1. The first-order chi connectivity index (χ1) is 11.7. The van der Waals surface area contributed by atoms with Gasteiger partial charge in [0.05, 0.1) is 19.8 Å². The number of hydrogen-bond acceptors (Lipinski definition) is 5. The van der Waals surface area contributed by atoms with Crippen LogP contribution >= 0.6 is 0 Å². The van der Waals surface area contributed by atoms with E-state index in [1.54, 1.807) is 26.4 Å². The molecular weight excluding hydrogens is 304 g/mol. The van der Waals surface area contributed by atoms with E-state index in [-0.39, 0.29) is 0 Å². The summed E-state index contributed by atoms with van der Waals surface area (Å²) in [7, 11) is 3.21. The van der Waals surface area contributed by atoms with Gasteiger partial charge in [-0.25, -0.2) is 0 Å². The lowest BCUT2D eigenvalue weighted by Gasteiger charge is -2.08. The van der Waals surface area contributed by atoms with Crippen LogP contribution in [0.25, 0.3) is 11.6 Å². The Bertz CT molecular complexity index is 780. The normalized spacial score (nSPS) is 14.5. The molecule has 1 aliphatic rings. The fourth-order valence-electron chi connectivity index (χ4n) is 2.91. The molecule has 0 unspecified atom stereocenters. The number of ether oxygens (including phenoxy) is 2. The molecule has 124 valence electrons. The Balaban J connectivity index is 2.02. The lowest BCUT2D eigenvalue weighted by molar-refractivity contribution is 0.394. The quantitative estimate of drug-likeness (QED) is 0.808. The van der Waals surface area contributed by atoms with Crippen LogP contribution in [0.4, 0.5) is 0 Å². The van der Waals surface area contributed by atoms with Crippen LogP contribution in [0, 0.1) is 11.3 Å². The second-order valence-electron chi connectivity index (χ2n) is 5.72. The average molecular weight is 324 g/mol. The standard InChI is InChI=1S/C18H20N4O2/c1-23-15-9-13(10-16(11-15)24-2)8-14(12-19)18-21-20-17-6-4-3-5-7-22(17)18/h8-11H,3-7H2,1-2H3/b14-8+. The number of fused-ring (bicyclic) bond motifs is 1. The van der Waals surface area contributed by atoms with E-state index < -0.39 is 0 Å². The van der Waals surface area contributed by atoms with Gasteiger partial charge in [-0.15, -0.1) is 10.2 Å². The van der Waals surface area contributed by atoms with Gasteiger partial charge in [0.2, 0.25) is 0 Å². The Morgan fingerprint density at radius 2 is 1.88 bits per heavy atom. The molecule has 0 atom stereocenters. The molecule has 3 rings (SSSR count). The van der Waals surface area contributed by atoms with Crippen molar-refractivity contribution in [2.24, 2.45) is 0 Å². The summed E-state index contributed by atoms with van der Waals surface area (Å²) in [6, 6.07) is 7.77. The molecule has 1 aliphatic heterocycles. The molecule has 0 bridgehead atoms. The van der Waals surface area contributed by atoms with Crippen molar-refractivity contribution >= 4 is 11.6 Å². The molecule has 0 radical (unpaired) electrons. The van der Waals surface area contributed by atoms with Gasteiger partial charge in [-0.1, -0.05) is 6.42 Å². The van der Waals surface area contributed by atoms with Gasteiger partial charge in [-0.3, -0.25) is 0 Å². The molecule has 0 aliphatic carbocycles. The zero-order chi connectivity index (χ0) is 16.9. The maximum Gasteiger partial charge on any atom is 0.174 e.